The lowest BCUT2D eigenvalue weighted by Gasteiger charge is -2.25. The van der Waals surface area contributed by atoms with Crippen molar-refractivity contribution in [1.82, 2.24) is 4.31 Å². The van der Waals surface area contributed by atoms with E-state index in [4.69, 9.17) is 9.15 Å². The van der Waals surface area contributed by atoms with Gasteiger partial charge in [-0.05, 0) is 37.6 Å². The van der Waals surface area contributed by atoms with Crippen LogP contribution in [0.5, 0.6) is 5.75 Å². The summed E-state index contributed by atoms with van der Waals surface area (Å²) in [5.74, 6) is 0.638. The van der Waals surface area contributed by atoms with Crippen molar-refractivity contribution in [2.45, 2.75) is 31.4 Å². The lowest BCUT2D eigenvalue weighted by atomic mass is 10.1. The van der Waals surface area contributed by atoms with Gasteiger partial charge in [0.15, 0.2) is 6.10 Å². The average Bonchev–Trinajstić information content (AvgIpc) is 3.01. The minimum atomic E-state index is -3.73. The molecule has 1 N–H and O–H groups in total. The van der Waals surface area contributed by atoms with Crippen molar-refractivity contribution in [3.05, 3.63) is 41.9 Å². The van der Waals surface area contributed by atoms with Gasteiger partial charge in [0.1, 0.15) is 11.5 Å². The summed E-state index contributed by atoms with van der Waals surface area (Å²) in [7, 11) is -2.24. The fraction of sp³-hybridized carbons (Fsp3) is 0.312. The van der Waals surface area contributed by atoms with Crippen molar-refractivity contribution in [3.63, 3.8) is 0 Å². The van der Waals surface area contributed by atoms with E-state index in [0.29, 0.717) is 22.8 Å². The van der Waals surface area contributed by atoms with Crippen LogP contribution in [0.25, 0.3) is 0 Å². The van der Waals surface area contributed by atoms with E-state index in [-0.39, 0.29) is 17.3 Å². The molecule has 1 amide bonds. The molecule has 3 rings (SSSR count). The van der Waals surface area contributed by atoms with E-state index in [2.05, 4.69) is 5.32 Å². The van der Waals surface area contributed by atoms with Crippen LogP contribution in [0.4, 0.5) is 5.69 Å². The quantitative estimate of drug-likeness (QED) is 0.912. The van der Waals surface area contributed by atoms with Crippen molar-refractivity contribution in [2.75, 3.05) is 12.4 Å². The van der Waals surface area contributed by atoms with Gasteiger partial charge in [0, 0.05) is 13.1 Å². The van der Waals surface area contributed by atoms with E-state index < -0.39 is 16.1 Å². The third-order valence-corrected chi connectivity index (χ3v) is 5.80. The van der Waals surface area contributed by atoms with Gasteiger partial charge in [0.25, 0.3) is 5.91 Å². The Kier molecular flexibility index (Phi) is 4.10. The van der Waals surface area contributed by atoms with Gasteiger partial charge in [-0.1, -0.05) is 0 Å². The molecule has 8 heteroatoms. The normalized spacial score (nSPS) is 17.3. The molecular formula is C16H18N2O5S. The first kappa shape index (κ1) is 16.5. The van der Waals surface area contributed by atoms with Crippen molar-refractivity contribution in [1.29, 1.82) is 0 Å². The zero-order valence-electron chi connectivity index (χ0n) is 13.6. The number of nitrogens with one attached hydrogen (secondary N) is 1. The highest BCUT2D eigenvalue weighted by Crippen LogP contribution is 2.35. The molecule has 1 aliphatic rings. The summed E-state index contributed by atoms with van der Waals surface area (Å²) in [6.45, 7) is 3.41. The largest absolute Gasteiger partial charge is 0.479 e. The topological polar surface area (TPSA) is 88.8 Å². The maximum Gasteiger partial charge on any atom is 0.265 e. The highest BCUT2D eigenvalue weighted by Gasteiger charge is 2.29. The molecule has 0 spiro atoms. The molecule has 2 aromatic rings. The molecule has 1 atom stereocenters. The lowest BCUT2D eigenvalue weighted by molar-refractivity contribution is -0.122. The molecule has 128 valence electrons. The predicted octanol–water partition coefficient (Wildman–Crippen LogP) is 2.13. The molecule has 0 radical (unpaired) electrons. The fourth-order valence-corrected chi connectivity index (χ4v) is 3.85. The Bertz CT molecular complexity index is 874. The second kappa shape index (κ2) is 5.95. The maximum absolute atomic E-state index is 12.9. The molecule has 0 aliphatic carbocycles. The Labute approximate surface area is 140 Å². The number of hydrogen-bond donors (Lipinski definition) is 1. The molecule has 1 aliphatic heterocycles. The number of anilines is 1. The molecule has 1 aromatic carbocycles. The molecule has 7 nitrogen and oxygen atoms in total. The van der Waals surface area contributed by atoms with Crippen LogP contribution in [0.15, 0.2) is 39.8 Å². The molecule has 0 fully saturated rings. The summed E-state index contributed by atoms with van der Waals surface area (Å²) < 4.78 is 37.6. The number of hydrogen-bond acceptors (Lipinski definition) is 5. The summed E-state index contributed by atoms with van der Waals surface area (Å²) in [6.07, 6.45) is 0.828. The van der Waals surface area contributed by atoms with Gasteiger partial charge >= 0.3 is 0 Å². The monoisotopic (exact) mass is 350 g/mol. The van der Waals surface area contributed by atoms with Crippen LogP contribution in [0.2, 0.25) is 0 Å². The van der Waals surface area contributed by atoms with Crippen LogP contribution >= 0.6 is 0 Å². The second-order valence-electron chi connectivity index (χ2n) is 5.70. The molecule has 1 unspecified atom stereocenters. The Hall–Kier alpha value is -2.32. The number of amides is 1. The highest BCUT2D eigenvalue weighted by atomic mass is 32.2. The van der Waals surface area contributed by atoms with Gasteiger partial charge in [0.05, 0.1) is 23.4 Å². The molecule has 1 aromatic heterocycles. The number of sulfonamides is 1. The Morgan fingerprint density at radius 3 is 2.75 bits per heavy atom. The van der Waals surface area contributed by atoms with Gasteiger partial charge in [-0.25, -0.2) is 8.42 Å². The van der Waals surface area contributed by atoms with Gasteiger partial charge in [-0.15, -0.1) is 0 Å². The van der Waals surface area contributed by atoms with E-state index in [1.807, 2.05) is 0 Å². The van der Waals surface area contributed by atoms with Crippen molar-refractivity contribution < 1.29 is 22.4 Å². The van der Waals surface area contributed by atoms with Gasteiger partial charge < -0.3 is 14.5 Å². The molecule has 0 saturated carbocycles. The van der Waals surface area contributed by atoms with Crippen LogP contribution < -0.4 is 10.1 Å². The van der Waals surface area contributed by atoms with E-state index in [1.165, 1.54) is 23.7 Å². The minimum Gasteiger partial charge on any atom is -0.479 e. The van der Waals surface area contributed by atoms with E-state index in [9.17, 15) is 13.2 Å². The predicted molar refractivity (Wildman–Crippen MR) is 87.3 cm³/mol. The molecule has 2 heterocycles. The van der Waals surface area contributed by atoms with Crippen LogP contribution in [-0.2, 0) is 21.4 Å². The third-order valence-electron chi connectivity index (χ3n) is 3.85. The standard InChI is InChI=1S/C16H18N2O5S/c1-10-7-13-14(23-11(2)16(19)17-13)8-15(10)24(20,21)18(3)9-12-5-4-6-22-12/h4-8,11H,9H2,1-3H3,(H,17,19). The smallest absolute Gasteiger partial charge is 0.265 e. The zero-order valence-corrected chi connectivity index (χ0v) is 14.4. The van der Waals surface area contributed by atoms with Gasteiger partial charge in [-0.2, -0.15) is 4.31 Å². The number of furan rings is 1. The van der Waals surface area contributed by atoms with E-state index >= 15 is 0 Å². The van der Waals surface area contributed by atoms with Crippen LogP contribution in [0.1, 0.15) is 18.2 Å². The van der Waals surface area contributed by atoms with Crippen molar-refractivity contribution >= 4 is 21.6 Å². The minimum absolute atomic E-state index is 0.125. The van der Waals surface area contributed by atoms with Crippen molar-refractivity contribution in [2.24, 2.45) is 0 Å². The first-order valence-electron chi connectivity index (χ1n) is 7.40. The molecular weight excluding hydrogens is 332 g/mol. The summed E-state index contributed by atoms with van der Waals surface area (Å²) in [5.41, 5.74) is 1.00. The Morgan fingerprint density at radius 2 is 2.08 bits per heavy atom. The summed E-state index contributed by atoms with van der Waals surface area (Å²) in [6, 6.07) is 6.48. The zero-order chi connectivity index (χ0) is 17.5. The van der Waals surface area contributed by atoms with Crippen LogP contribution in [0, 0.1) is 6.92 Å². The fourth-order valence-electron chi connectivity index (χ4n) is 2.50. The first-order valence-corrected chi connectivity index (χ1v) is 8.84. The third kappa shape index (κ3) is 2.90. The van der Waals surface area contributed by atoms with E-state index in [1.54, 1.807) is 32.0 Å². The van der Waals surface area contributed by atoms with Crippen molar-refractivity contribution in [3.8, 4) is 5.75 Å². The number of nitrogens with zero attached hydrogens (tertiary/aromatic N) is 1. The Balaban J connectivity index is 1.96. The van der Waals surface area contributed by atoms with Crippen LogP contribution in [-0.4, -0.2) is 31.8 Å². The number of fused-ring (bicyclic) bond motifs is 1. The molecule has 0 bridgehead atoms. The highest BCUT2D eigenvalue weighted by molar-refractivity contribution is 7.89. The summed E-state index contributed by atoms with van der Waals surface area (Å²) in [5, 5.41) is 2.71. The lowest BCUT2D eigenvalue weighted by Crippen LogP contribution is -2.35. The average molecular weight is 350 g/mol. The SMILES string of the molecule is Cc1cc2c(cc1S(=O)(=O)N(C)Cc1ccco1)OC(C)C(=O)N2. The van der Waals surface area contributed by atoms with Gasteiger partial charge in [-0.3, -0.25) is 4.79 Å². The number of rotatable bonds is 4. The number of carbonyl (C=O) groups is 1. The number of benzene rings is 1. The summed E-state index contributed by atoms with van der Waals surface area (Å²) in [4.78, 5) is 11.8. The van der Waals surface area contributed by atoms with Gasteiger partial charge in [0.2, 0.25) is 10.0 Å². The number of carbonyl (C=O) groups excluding carboxylic acids is 1. The summed E-state index contributed by atoms with van der Waals surface area (Å²) >= 11 is 0. The second-order valence-corrected chi connectivity index (χ2v) is 7.72. The number of aryl methyl sites for hydroxylation is 1. The Morgan fingerprint density at radius 1 is 1.33 bits per heavy atom. The van der Waals surface area contributed by atoms with Crippen LogP contribution in [0.3, 0.4) is 0 Å². The first-order chi connectivity index (χ1) is 11.3. The maximum atomic E-state index is 12.9. The van der Waals surface area contributed by atoms with E-state index in [0.717, 1.165) is 0 Å². The molecule has 0 saturated heterocycles. The molecule has 24 heavy (non-hydrogen) atoms. The number of ether oxygens (including phenoxy) is 1.